The third-order valence-corrected chi connectivity index (χ3v) is 5.24. The van der Waals surface area contributed by atoms with Gasteiger partial charge in [0.25, 0.3) is 0 Å². The highest BCUT2D eigenvalue weighted by Gasteiger charge is 2.13. The lowest BCUT2D eigenvalue weighted by molar-refractivity contribution is 0.372. The van der Waals surface area contributed by atoms with E-state index in [0.717, 1.165) is 54.5 Å². The van der Waals surface area contributed by atoms with E-state index in [0.29, 0.717) is 24.9 Å². The first-order valence-corrected chi connectivity index (χ1v) is 11.1. The number of nitrogens with zero attached hydrogens (tertiary/aromatic N) is 3. The number of hydrogen-bond donors (Lipinski definition) is 2. The van der Waals surface area contributed by atoms with Gasteiger partial charge in [0.15, 0.2) is 11.7 Å². The summed E-state index contributed by atoms with van der Waals surface area (Å²) in [6, 6.07) is 10.2. The average molecular weight is 424 g/mol. The third-order valence-electron chi connectivity index (χ3n) is 5.24. The summed E-state index contributed by atoms with van der Waals surface area (Å²) in [6.07, 6.45) is 4.57. The summed E-state index contributed by atoms with van der Waals surface area (Å²) in [6.45, 7) is 10.4. The molecule has 0 aliphatic rings. The molecule has 2 N–H and O–H groups in total. The quantitative estimate of drug-likeness (QED) is 0.358. The number of nitrogens with one attached hydrogen (secondary N) is 2. The van der Waals surface area contributed by atoms with E-state index < -0.39 is 0 Å². The maximum absolute atomic E-state index is 5.64. The lowest BCUT2D eigenvalue weighted by atomic mass is 9.99. The van der Waals surface area contributed by atoms with Gasteiger partial charge in [-0.3, -0.25) is 0 Å². The van der Waals surface area contributed by atoms with Gasteiger partial charge in [0, 0.05) is 37.1 Å². The molecule has 0 unspecified atom stereocenters. The van der Waals surface area contributed by atoms with Gasteiger partial charge in [-0.05, 0) is 38.8 Å². The minimum Gasteiger partial charge on any atom is -0.444 e. The Balaban J connectivity index is 1.53. The van der Waals surface area contributed by atoms with Gasteiger partial charge in [-0.1, -0.05) is 36.7 Å². The molecule has 0 spiro atoms. The maximum Gasteiger partial charge on any atom is 0.226 e. The first-order chi connectivity index (χ1) is 15.1. The van der Waals surface area contributed by atoms with E-state index in [-0.39, 0.29) is 0 Å². The minimum absolute atomic E-state index is 0.445. The molecule has 0 bridgehead atoms. The summed E-state index contributed by atoms with van der Waals surface area (Å²) in [4.78, 5) is 9.21. The SMILES string of the molecule is CCNC(=NCc1cc(C(CC)CC)no1)NCCc1coc(-c2ccc(C)cc2)n1. The second-order valence-corrected chi connectivity index (χ2v) is 7.61. The van der Waals surface area contributed by atoms with Crippen LogP contribution >= 0.6 is 0 Å². The molecule has 3 rings (SSSR count). The molecule has 0 aliphatic heterocycles. The Kier molecular flexibility index (Phi) is 8.27. The molecule has 2 aromatic heterocycles. The van der Waals surface area contributed by atoms with Crippen LogP contribution in [0.3, 0.4) is 0 Å². The fourth-order valence-corrected chi connectivity index (χ4v) is 3.36. The zero-order chi connectivity index (χ0) is 22.1. The standard InChI is InChI=1S/C24H33N5O2/c1-5-18(6-2)22-14-21(31-29-22)15-27-24(25-7-3)26-13-12-20-16-30-23(28-20)19-10-8-17(4)9-11-19/h8-11,14,16,18H,5-7,12-13,15H2,1-4H3,(H2,25,26,27). The summed E-state index contributed by atoms with van der Waals surface area (Å²) < 4.78 is 11.1. The van der Waals surface area contributed by atoms with Gasteiger partial charge in [-0.25, -0.2) is 9.98 Å². The summed E-state index contributed by atoms with van der Waals surface area (Å²) >= 11 is 0. The van der Waals surface area contributed by atoms with Crippen molar-refractivity contribution < 1.29 is 8.94 Å². The molecular formula is C24H33N5O2. The molecule has 0 amide bonds. The summed E-state index contributed by atoms with van der Waals surface area (Å²) in [5.74, 6) is 2.61. The van der Waals surface area contributed by atoms with Crippen LogP contribution in [0.2, 0.25) is 0 Å². The van der Waals surface area contributed by atoms with Crippen LogP contribution in [0, 0.1) is 6.92 Å². The van der Waals surface area contributed by atoms with E-state index in [1.54, 1.807) is 6.26 Å². The van der Waals surface area contributed by atoms with Crippen molar-refractivity contribution in [2.24, 2.45) is 4.99 Å². The van der Waals surface area contributed by atoms with Gasteiger partial charge < -0.3 is 19.6 Å². The molecule has 2 heterocycles. The van der Waals surface area contributed by atoms with Gasteiger partial charge in [0.05, 0.1) is 11.4 Å². The number of hydrogen-bond acceptors (Lipinski definition) is 5. The van der Waals surface area contributed by atoms with Crippen molar-refractivity contribution in [2.45, 2.75) is 59.4 Å². The Morgan fingerprint density at radius 1 is 1.10 bits per heavy atom. The second kappa shape index (κ2) is 11.3. The second-order valence-electron chi connectivity index (χ2n) is 7.61. The first-order valence-electron chi connectivity index (χ1n) is 11.1. The average Bonchev–Trinajstić information content (AvgIpc) is 3.44. The number of benzene rings is 1. The molecule has 7 nitrogen and oxygen atoms in total. The van der Waals surface area contributed by atoms with Crippen LogP contribution in [-0.4, -0.2) is 29.2 Å². The Labute approximate surface area is 184 Å². The molecule has 31 heavy (non-hydrogen) atoms. The smallest absolute Gasteiger partial charge is 0.226 e. The number of aryl methyl sites for hydroxylation is 1. The summed E-state index contributed by atoms with van der Waals surface area (Å²) in [7, 11) is 0. The molecule has 3 aromatic rings. The molecule has 7 heteroatoms. The van der Waals surface area contributed by atoms with Crippen molar-refractivity contribution >= 4 is 5.96 Å². The highest BCUT2D eigenvalue weighted by atomic mass is 16.5. The summed E-state index contributed by atoms with van der Waals surface area (Å²) in [5.41, 5.74) is 4.12. The predicted octanol–water partition coefficient (Wildman–Crippen LogP) is 4.84. The number of guanidine groups is 1. The topological polar surface area (TPSA) is 88.5 Å². The fourth-order valence-electron chi connectivity index (χ4n) is 3.36. The van der Waals surface area contributed by atoms with Crippen LogP contribution in [0.4, 0.5) is 0 Å². The normalized spacial score (nSPS) is 11.8. The van der Waals surface area contributed by atoms with Crippen LogP contribution in [0.5, 0.6) is 0 Å². The van der Waals surface area contributed by atoms with E-state index in [9.17, 15) is 0 Å². The van der Waals surface area contributed by atoms with Gasteiger partial charge >= 0.3 is 0 Å². The van der Waals surface area contributed by atoms with Crippen molar-refractivity contribution in [1.82, 2.24) is 20.8 Å². The zero-order valence-corrected chi connectivity index (χ0v) is 18.9. The summed E-state index contributed by atoms with van der Waals surface area (Å²) in [5, 5.41) is 10.8. The van der Waals surface area contributed by atoms with E-state index >= 15 is 0 Å². The zero-order valence-electron chi connectivity index (χ0n) is 18.9. The van der Waals surface area contributed by atoms with Crippen LogP contribution in [0.25, 0.3) is 11.5 Å². The molecule has 0 saturated carbocycles. The Hall–Kier alpha value is -3.09. The van der Waals surface area contributed by atoms with Crippen molar-refractivity contribution in [3.8, 4) is 11.5 Å². The van der Waals surface area contributed by atoms with Crippen LogP contribution in [0.1, 0.15) is 62.2 Å². The Morgan fingerprint density at radius 2 is 1.87 bits per heavy atom. The molecule has 1 aromatic carbocycles. The molecule has 0 atom stereocenters. The monoisotopic (exact) mass is 423 g/mol. The van der Waals surface area contributed by atoms with E-state index in [1.165, 1.54) is 5.56 Å². The van der Waals surface area contributed by atoms with E-state index in [1.807, 2.05) is 25.1 Å². The van der Waals surface area contributed by atoms with Gasteiger partial charge in [-0.2, -0.15) is 0 Å². The molecule has 0 saturated heterocycles. The first kappa shape index (κ1) is 22.6. The highest BCUT2D eigenvalue weighted by molar-refractivity contribution is 5.79. The van der Waals surface area contributed by atoms with E-state index in [4.69, 9.17) is 8.94 Å². The lowest BCUT2D eigenvalue weighted by Gasteiger charge is -2.10. The van der Waals surface area contributed by atoms with Gasteiger partial charge in [0.1, 0.15) is 12.8 Å². The fraction of sp³-hybridized carbons (Fsp3) is 0.458. The minimum atomic E-state index is 0.445. The van der Waals surface area contributed by atoms with E-state index in [2.05, 4.69) is 58.7 Å². The molecular weight excluding hydrogens is 390 g/mol. The maximum atomic E-state index is 5.64. The largest absolute Gasteiger partial charge is 0.444 e. The number of aromatic nitrogens is 2. The van der Waals surface area contributed by atoms with Crippen molar-refractivity contribution in [3.05, 3.63) is 59.3 Å². The third kappa shape index (κ3) is 6.44. The predicted molar refractivity (Wildman–Crippen MR) is 123 cm³/mol. The molecule has 0 radical (unpaired) electrons. The highest BCUT2D eigenvalue weighted by Crippen LogP contribution is 2.22. The molecule has 0 aliphatic carbocycles. The van der Waals surface area contributed by atoms with Gasteiger partial charge in [-0.15, -0.1) is 0 Å². The van der Waals surface area contributed by atoms with Gasteiger partial charge in [0.2, 0.25) is 5.89 Å². The van der Waals surface area contributed by atoms with Crippen molar-refractivity contribution in [2.75, 3.05) is 13.1 Å². The number of oxazole rings is 1. The van der Waals surface area contributed by atoms with Crippen LogP contribution < -0.4 is 10.6 Å². The number of rotatable bonds is 10. The molecule has 0 fully saturated rings. The molecule has 166 valence electrons. The Morgan fingerprint density at radius 3 is 2.58 bits per heavy atom. The van der Waals surface area contributed by atoms with Crippen molar-refractivity contribution in [3.63, 3.8) is 0 Å². The van der Waals surface area contributed by atoms with Crippen LogP contribution in [-0.2, 0) is 13.0 Å². The Bertz CT molecular complexity index is 955. The van der Waals surface area contributed by atoms with Crippen LogP contribution in [0.15, 0.2) is 50.5 Å². The van der Waals surface area contributed by atoms with Crippen molar-refractivity contribution in [1.29, 1.82) is 0 Å². The lowest BCUT2D eigenvalue weighted by Crippen LogP contribution is -2.38. The number of aliphatic imine (C=N–C) groups is 1.